The van der Waals surface area contributed by atoms with Crippen molar-refractivity contribution in [3.8, 4) is 0 Å². The van der Waals surface area contributed by atoms with Crippen LogP contribution in [-0.2, 0) is 31.9 Å². The van der Waals surface area contributed by atoms with Crippen LogP contribution in [0.15, 0.2) is 107 Å². The molecule has 0 saturated carbocycles. The van der Waals surface area contributed by atoms with E-state index in [1.54, 1.807) is 24.3 Å². The molecule has 0 aromatic heterocycles. The Balaban J connectivity index is 0.000000518. The summed E-state index contributed by atoms with van der Waals surface area (Å²) >= 11 is 0. The lowest BCUT2D eigenvalue weighted by atomic mass is 10.0. The first-order valence-electron chi connectivity index (χ1n) is 14.6. The molecule has 0 heterocycles. The zero-order valence-corrected chi connectivity index (χ0v) is 25.8. The van der Waals surface area contributed by atoms with Crippen molar-refractivity contribution in [3.05, 3.63) is 125 Å². The maximum Gasteiger partial charge on any atom is 0.411 e. The lowest BCUT2D eigenvalue weighted by Gasteiger charge is -2.08. The van der Waals surface area contributed by atoms with Crippen LogP contribution in [0, 0.1) is 6.92 Å². The SMILES string of the molecule is C.C.CNC(=O)OCCCCOC(=O)Nc1ccc(Cc2ccc(N=C=O)cc2)cc1.Cc1ccc(Cc2ccc(N=C=O)cc2)cc1. The summed E-state index contributed by atoms with van der Waals surface area (Å²) in [5, 5.41) is 5.02. The summed E-state index contributed by atoms with van der Waals surface area (Å²) in [6.07, 6.45) is 4.86. The summed E-state index contributed by atoms with van der Waals surface area (Å²) in [4.78, 5) is 50.1. The second kappa shape index (κ2) is 22.6. The van der Waals surface area contributed by atoms with Crippen molar-refractivity contribution in [2.45, 2.75) is 47.5 Å². The van der Waals surface area contributed by atoms with Crippen LogP contribution < -0.4 is 10.6 Å². The fraction of sp³-hybridized carbons (Fsp3) is 0.263. The summed E-state index contributed by atoms with van der Waals surface area (Å²) in [6.45, 7) is 2.60. The molecule has 4 aromatic carbocycles. The van der Waals surface area contributed by atoms with Gasteiger partial charge in [-0.25, -0.2) is 19.2 Å². The number of benzene rings is 4. The smallest absolute Gasteiger partial charge is 0.411 e. The second-order valence-electron chi connectivity index (χ2n) is 10.1. The number of unbranched alkanes of at least 4 members (excludes halogenated alkanes) is 1. The molecule has 10 heteroatoms. The standard InChI is InChI=1S/C21H23N3O5.C15H13NO.2CH4/c1-22-20(26)28-12-2-3-13-29-21(27)24-19-10-6-17(7-11-19)14-16-4-8-18(9-5-16)23-15-25;1-12-2-4-13(5-3-12)10-14-6-8-15(9-7-14)16-11-17;;/h4-11H,2-3,12-14H2,1H3,(H,22,26)(H,24,27);2-9H,10H2,1H3;2*1H4. The van der Waals surface area contributed by atoms with E-state index >= 15 is 0 Å². The molecule has 0 aliphatic rings. The van der Waals surface area contributed by atoms with E-state index in [1.165, 1.54) is 35.9 Å². The van der Waals surface area contributed by atoms with Crippen LogP contribution in [0.2, 0.25) is 0 Å². The van der Waals surface area contributed by atoms with E-state index in [9.17, 15) is 19.2 Å². The number of amides is 2. The van der Waals surface area contributed by atoms with Crippen molar-refractivity contribution in [3.63, 3.8) is 0 Å². The fourth-order valence-corrected chi connectivity index (χ4v) is 4.13. The highest BCUT2D eigenvalue weighted by Crippen LogP contribution is 2.18. The highest BCUT2D eigenvalue weighted by Gasteiger charge is 2.05. The zero-order valence-electron chi connectivity index (χ0n) is 25.8. The van der Waals surface area contributed by atoms with Gasteiger partial charge >= 0.3 is 12.2 Å². The molecule has 10 nitrogen and oxygen atoms in total. The molecule has 2 amide bonds. The average Bonchev–Trinajstić information content (AvgIpc) is 3.07. The number of nitrogens with zero attached hydrogens (tertiary/aromatic N) is 2. The predicted molar refractivity (Wildman–Crippen MR) is 190 cm³/mol. The Morgan fingerprint density at radius 1 is 0.604 bits per heavy atom. The molecule has 0 fully saturated rings. The third-order valence-electron chi connectivity index (χ3n) is 6.57. The Hall–Kier alpha value is -5.82. The van der Waals surface area contributed by atoms with Crippen molar-refractivity contribution in [2.75, 3.05) is 25.6 Å². The monoisotopic (exact) mass is 652 g/mol. The van der Waals surface area contributed by atoms with E-state index < -0.39 is 12.2 Å². The van der Waals surface area contributed by atoms with Crippen LogP contribution in [0.4, 0.5) is 26.7 Å². The van der Waals surface area contributed by atoms with Crippen molar-refractivity contribution < 1.29 is 28.7 Å². The lowest BCUT2D eigenvalue weighted by Crippen LogP contribution is -2.20. The Labute approximate surface area is 282 Å². The van der Waals surface area contributed by atoms with Crippen LogP contribution in [0.5, 0.6) is 0 Å². The van der Waals surface area contributed by atoms with Gasteiger partial charge in [-0.2, -0.15) is 9.98 Å². The Morgan fingerprint density at radius 3 is 1.38 bits per heavy atom. The van der Waals surface area contributed by atoms with Crippen LogP contribution in [0.3, 0.4) is 0 Å². The Bertz CT molecular complexity index is 1630. The minimum atomic E-state index is -0.531. The van der Waals surface area contributed by atoms with E-state index in [0.717, 1.165) is 17.5 Å². The third kappa shape index (κ3) is 15.5. The van der Waals surface area contributed by atoms with Crippen molar-refractivity contribution in [2.24, 2.45) is 9.98 Å². The highest BCUT2D eigenvalue weighted by atomic mass is 16.6. The van der Waals surface area contributed by atoms with Gasteiger partial charge in [-0.15, -0.1) is 0 Å². The second-order valence-corrected chi connectivity index (χ2v) is 10.1. The first-order valence-corrected chi connectivity index (χ1v) is 14.6. The van der Waals surface area contributed by atoms with Crippen LogP contribution in [0.25, 0.3) is 0 Å². The van der Waals surface area contributed by atoms with Crippen LogP contribution in [0.1, 0.15) is 55.5 Å². The summed E-state index contributed by atoms with van der Waals surface area (Å²) < 4.78 is 9.93. The number of hydrogen-bond donors (Lipinski definition) is 2. The van der Waals surface area contributed by atoms with Gasteiger partial charge in [0.1, 0.15) is 0 Å². The third-order valence-corrected chi connectivity index (χ3v) is 6.57. The zero-order chi connectivity index (χ0) is 33.0. The molecule has 0 aliphatic heterocycles. The quantitative estimate of drug-likeness (QED) is 0.0892. The van der Waals surface area contributed by atoms with Crippen molar-refractivity contribution >= 4 is 41.4 Å². The largest absolute Gasteiger partial charge is 0.450 e. The topological polar surface area (TPSA) is 136 Å². The number of ether oxygens (including phenoxy) is 2. The molecular weight excluding hydrogens is 608 g/mol. The Kier molecular flexibility index (Phi) is 19.0. The molecule has 2 N–H and O–H groups in total. The van der Waals surface area contributed by atoms with E-state index in [-0.39, 0.29) is 28.1 Å². The van der Waals surface area contributed by atoms with E-state index in [1.807, 2.05) is 48.5 Å². The molecule has 0 spiro atoms. The summed E-state index contributed by atoms with van der Waals surface area (Å²) in [5.74, 6) is 0. The van der Waals surface area contributed by atoms with Crippen molar-refractivity contribution in [1.82, 2.24) is 5.32 Å². The number of aliphatic imine (C=N–C) groups is 2. The summed E-state index contributed by atoms with van der Waals surface area (Å²) in [6, 6.07) is 30.9. The molecule has 0 bridgehead atoms. The molecule has 48 heavy (non-hydrogen) atoms. The molecule has 0 aliphatic carbocycles. The number of hydrogen-bond acceptors (Lipinski definition) is 8. The molecule has 0 atom stereocenters. The predicted octanol–water partition coefficient (Wildman–Crippen LogP) is 8.75. The van der Waals surface area contributed by atoms with Gasteiger partial charge in [-0.3, -0.25) is 5.32 Å². The molecular formula is C38H44N4O6. The van der Waals surface area contributed by atoms with Gasteiger partial charge in [0.15, 0.2) is 0 Å². The van der Waals surface area contributed by atoms with E-state index in [0.29, 0.717) is 36.3 Å². The van der Waals surface area contributed by atoms with Gasteiger partial charge in [0.25, 0.3) is 0 Å². The molecule has 0 saturated heterocycles. The van der Waals surface area contributed by atoms with Crippen molar-refractivity contribution in [1.29, 1.82) is 0 Å². The summed E-state index contributed by atoms with van der Waals surface area (Å²) in [5.41, 5.74) is 7.76. The first kappa shape index (κ1) is 40.2. The molecule has 4 aromatic rings. The van der Waals surface area contributed by atoms with Gasteiger partial charge < -0.3 is 14.8 Å². The highest BCUT2D eigenvalue weighted by molar-refractivity contribution is 5.84. The molecule has 4 rings (SSSR count). The number of aryl methyl sites for hydroxylation is 1. The normalized spacial score (nSPS) is 9.38. The Morgan fingerprint density at radius 2 is 0.979 bits per heavy atom. The van der Waals surface area contributed by atoms with Gasteiger partial charge in [0.2, 0.25) is 12.2 Å². The number of carbonyl (C=O) groups excluding carboxylic acids is 4. The molecule has 0 unspecified atom stereocenters. The van der Waals surface area contributed by atoms with Crippen LogP contribution in [-0.4, -0.2) is 44.6 Å². The number of anilines is 1. The number of rotatable bonds is 12. The maximum absolute atomic E-state index is 11.8. The van der Waals surface area contributed by atoms with Crippen LogP contribution >= 0.6 is 0 Å². The molecule has 252 valence electrons. The number of isocyanates is 2. The van der Waals surface area contributed by atoms with Gasteiger partial charge in [0, 0.05) is 12.7 Å². The number of alkyl carbamates (subject to hydrolysis) is 1. The first-order chi connectivity index (χ1) is 22.4. The molecule has 0 radical (unpaired) electrons. The van der Waals surface area contributed by atoms with Gasteiger partial charge in [-0.05, 0) is 91.3 Å². The minimum absolute atomic E-state index is 0. The van der Waals surface area contributed by atoms with E-state index in [2.05, 4.69) is 51.8 Å². The number of carbonyl (C=O) groups is 2. The lowest BCUT2D eigenvalue weighted by molar-refractivity contribution is 0.135. The van der Waals surface area contributed by atoms with Gasteiger partial charge in [-0.1, -0.05) is 81.1 Å². The fourth-order valence-electron chi connectivity index (χ4n) is 4.13. The maximum atomic E-state index is 11.8. The summed E-state index contributed by atoms with van der Waals surface area (Å²) in [7, 11) is 1.49. The van der Waals surface area contributed by atoms with E-state index in [4.69, 9.17) is 9.47 Å². The minimum Gasteiger partial charge on any atom is -0.450 e. The average molecular weight is 653 g/mol. The number of nitrogens with one attached hydrogen (secondary N) is 2. The van der Waals surface area contributed by atoms with Gasteiger partial charge in [0.05, 0.1) is 24.6 Å².